The molecule has 12 rings (SSSR count). The van der Waals surface area contributed by atoms with Crippen molar-refractivity contribution in [2.24, 2.45) is 0 Å². The van der Waals surface area contributed by atoms with E-state index in [0.29, 0.717) is 0 Å². The predicted octanol–water partition coefficient (Wildman–Crippen LogP) is 15.4. The highest BCUT2D eigenvalue weighted by Crippen LogP contribution is 2.57. The molecular weight excluding hydrogens is 727 g/mol. The summed E-state index contributed by atoms with van der Waals surface area (Å²) in [4.78, 5) is 2.38. The molecule has 2 nitrogen and oxygen atoms in total. The van der Waals surface area contributed by atoms with E-state index in [0.717, 1.165) is 39.0 Å². The van der Waals surface area contributed by atoms with Crippen LogP contribution >= 0.6 is 0 Å². The Hall–Kier alpha value is -7.42. The first-order chi connectivity index (χ1) is 29.5. The summed E-state index contributed by atoms with van der Waals surface area (Å²) >= 11 is 0. The van der Waals surface area contributed by atoms with Crippen molar-refractivity contribution in [3.05, 3.63) is 246 Å². The van der Waals surface area contributed by atoms with E-state index in [1.165, 1.54) is 66.8 Å². The molecule has 0 amide bonds. The summed E-state index contributed by atoms with van der Waals surface area (Å²) in [5.41, 5.74) is 19.7. The normalized spacial score (nSPS) is 14.1. The lowest BCUT2D eigenvalue weighted by atomic mass is 9.67. The molecule has 284 valence electrons. The van der Waals surface area contributed by atoms with E-state index in [4.69, 9.17) is 4.42 Å². The van der Waals surface area contributed by atoms with Gasteiger partial charge in [0.15, 0.2) is 0 Å². The van der Waals surface area contributed by atoms with Gasteiger partial charge in [-0.2, -0.15) is 0 Å². The minimum atomic E-state index is -0.490. The molecule has 2 heteroatoms. The highest BCUT2D eigenvalue weighted by Gasteiger charge is 2.46. The summed E-state index contributed by atoms with van der Waals surface area (Å²) in [6, 6.07) is 77.7. The third-order valence-electron chi connectivity index (χ3n) is 13.3. The zero-order chi connectivity index (χ0) is 40.0. The van der Waals surface area contributed by atoms with E-state index in [1.54, 1.807) is 0 Å². The first-order valence-electron chi connectivity index (χ1n) is 20.9. The molecule has 60 heavy (non-hydrogen) atoms. The Morgan fingerprint density at radius 2 is 0.867 bits per heavy atom. The molecule has 0 atom stereocenters. The number of nitrogens with zero attached hydrogens (tertiary/aromatic N) is 1. The summed E-state index contributed by atoms with van der Waals surface area (Å²) in [6.07, 6.45) is 0. The van der Waals surface area contributed by atoms with Crippen LogP contribution in [0.4, 0.5) is 17.1 Å². The fourth-order valence-electron chi connectivity index (χ4n) is 10.6. The predicted molar refractivity (Wildman–Crippen MR) is 249 cm³/mol. The lowest BCUT2D eigenvalue weighted by Crippen LogP contribution is -2.28. The van der Waals surface area contributed by atoms with Gasteiger partial charge in [-0.15, -0.1) is 0 Å². The van der Waals surface area contributed by atoms with Gasteiger partial charge >= 0.3 is 0 Å². The van der Waals surface area contributed by atoms with Gasteiger partial charge in [0.1, 0.15) is 11.2 Å². The second kappa shape index (κ2) is 13.0. The number of benzene rings is 9. The molecular formula is C58H41NO. The smallest absolute Gasteiger partial charge is 0.137 e. The van der Waals surface area contributed by atoms with Gasteiger partial charge in [0, 0.05) is 39.3 Å². The highest BCUT2D eigenvalue weighted by atomic mass is 16.3. The van der Waals surface area contributed by atoms with Crippen LogP contribution in [-0.4, -0.2) is 0 Å². The average molecular weight is 768 g/mol. The van der Waals surface area contributed by atoms with E-state index >= 15 is 0 Å². The van der Waals surface area contributed by atoms with E-state index in [9.17, 15) is 0 Å². The van der Waals surface area contributed by atoms with Crippen molar-refractivity contribution in [2.45, 2.75) is 24.7 Å². The summed E-state index contributed by atoms with van der Waals surface area (Å²) in [7, 11) is 0. The zero-order valence-electron chi connectivity index (χ0n) is 33.6. The van der Waals surface area contributed by atoms with Crippen molar-refractivity contribution in [3.8, 4) is 33.4 Å². The Kier molecular flexibility index (Phi) is 7.52. The fraction of sp³-hybridized carbons (Fsp3) is 0.0690. The molecule has 0 unspecified atom stereocenters. The highest BCUT2D eigenvalue weighted by molar-refractivity contribution is 6.09. The largest absolute Gasteiger partial charge is 0.456 e. The van der Waals surface area contributed by atoms with Crippen LogP contribution in [0.15, 0.2) is 217 Å². The second-order valence-electron chi connectivity index (χ2n) is 16.9. The van der Waals surface area contributed by atoms with E-state index in [1.807, 2.05) is 0 Å². The minimum absolute atomic E-state index is 0.124. The lowest BCUT2D eigenvalue weighted by Gasteiger charge is -2.33. The van der Waals surface area contributed by atoms with Crippen LogP contribution in [0.25, 0.3) is 55.3 Å². The molecule has 0 N–H and O–H groups in total. The molecule has 0 saturated carbocycles. The first-order valence-corrected chi connectivity index (χ1v) is 20.9. The number of fused-ring (bicyclic) bond motifs is 9. The van der Waals surface area contributed by atoms with Crippen LogP contribution in [0.3, 0.4) is 0 Å². The fourth-order valence-corrected chi connectivity index (χ4v) is 10.6. The summed E-state index contributed by atoms with van der Waals surface area (Å²) < 4.78 is 7.00. The number of hydrogen-bond donors (Lipinski definition) is 0. The molecule has 0 saturated heterocycles. The molecule has 0 radical (unpaired) electrons. The van der Waals surface area contributed by atoms with Crippen LogP contribution in [0.5, 0.6) is 0 Å². The number of anilines is 3. The van der Waals surface area contributed by atoms with Crippen LogP contribution in [0.2, 0.25) is 0 Å². The average Bonchev–Trinajstić information content (AvgIpc) is 3.89. The maximum Gasteiger partial charge on any atom is 0.137 e. The van der Waals surface area contributed by atoms with Gasteiger partial charge in [-0.05, 0) is 115 Å². The van der Waals surface area contributed by atoms with Gasteiger partial charge in [-0.25, -0.2) is 0 Å². The Balaban J connectivity index is 1.05. The molecule has 10 aromatic rings. The molecule has 9 aromatic carbocycles. The van der Waals surface area contributed by atoms with E-state index in [2.05, 4.69) is 231 Å². The molecule has 0 aliphatic heterocycles. The molecule has 1 heterocycles. The van der Waals surface area contributed by atoms with Gasteiger partial charge < -0.3 is 9.32 Å². The van der Waals surface area contributed by atoms with Crippen LogP contribution in [-0.2, 0) is 10.8 Å². The molecule has 2 aliphatic carbocycles. The van der Waals surface area contributed by atoms with Crippen molar-refractivity contribution >= 4 is 39.0 Å². The van der Waals surface area contributed by atoms with Crippen molar-refractivity contribution in [2.75, 3.05) is 4.90 Å². The SMILES string of the molecule is CC1(C)c2ccccc2-c2ccc(N(c3ccc(-c4ccccc4)cc3)c3ccc4c(c3)oc3cc5c(cc34)-c3ccccc3C5(c3ccccc3)c3ccccc3)cc21. The maximum absolute atomic E-state index is 7.00. The van der Waals surface area contributed by atoms with Crippen LogP contribution in [0, 0.1) is 0 Å². The van der Waals surface area contributed by atoms with E-state index < -0.39 is 5.41 Å². The van der Waals surface area contributed by atoms with Crippen LogP contribution in [0.1, 0.15) is 47.2 Å². The topological polar surface area (TPSA) is 16.4 Å². The van der Waals surface area contributed by atoms with Crippen LogP contribution < -0.4 is 4.90 Å². The van der Waals surface area contributed by atoms with Crippen molar-refractivity contribution < 1.29 is 4.42 Å². The molecule has 0 bridgehead atoms. The first kappa shape index (κ1) is 34.6. The Labute approximate surface area is 350 Å². The molecule has 0 spiro atoms. The van der Waals surface area contributed by atoms with Gasteiger partial charge in [-0.1, -0.05) is 172 Å². The second-order valence-corrected chi connectivity index (χ2v) is 16.9. The number of rotatable bonds is 6. The molecule has 0 fully saturated rings. The Morgan fingerprint density at radius 3 is 1.57 bits per heavy atom. The monoisotopic (exact) mass is 767 g/mol. The van der Waals surface area contributed by atoms with Gasteiger partial charge in [0.25, 0.3) is 0 Å². The quantitative estimate of drug-likeness (QED) is 0.168. The van der Waals surface area contributed by atoms with Crippen molar-refractivity contribution in [3.63, 3.8) is 0 Å². The summed E-state index contributed by atoms with van der Waals surface area (Å²) in [5, 5.41) is 2.23. The van der Waals surface area contributed by atoms with Gasteiger partial charge in [0.2, 0.25) is 0 Å². The number of hydrogen-bond acceptors (Lipinski definition) is 2. The van der Waals surface area contributed by atoms with Crippen molar-refractivity contribution in [1.29, 1.82) is 0 Å². The third-order valence-corrected chi connectivity index (χ3v) is 13.3. The van der Waals surface area contributed by atoms with Crippen molar-refractivity contribution in [1.82, 2.24) is 0 Å². The zero-order valence-corrected chi connectivity index (χ0v) is 33.6. The molecule has 2 aliphatic rings. The summed E-state index contributed by atoms with van der Waals surface area (Å²) in [5.74, 6) is 0. The van der Waals surface area contributed by atoms with Gasteiger partial charge in [-0.3, -0.25) is 0 Å². The van der Waals surface area contributed by atoms with E-state index in [-0.39, 0.29) is 5.41 Å². The molecule has 1 aromatic heterocycles. The lowest BCUT2D eigenvalue weighted by molar-refractivity contribution is 0.660. The standard InChI is InChI=1S/C58H41NO/c1-57(2)51-24-14-12-22-45(51)47-32-30-43(34-53(47)57)59(42-28-26-39(27-29-42)38-16-6-3-7-17-38)44-31-33-48-50-36-49-46-23-13-15-25-52(46)58(40-18-8-4-9-19-40,41-20-10-5-11-21-41)54(49)37-56(50)60-55(48)35-44/h3-37H,1-2H3. The Morgan fingerprint density at radius 1 is 0.350 bits per heavy atom. The number of furan rings is 1. The minimum Gasteiger partial charge on any atom is -0.456 e. The van der Waals surface area contributed by atoms with Gasteiger partial charge in [0.05, 0.1) is 5.41 Å². The summed E-state index contributed by atoms with van der Waals surface area (Å²) in [6.45, 7) is 4.70. The maximum atomic E-state index is 7.00. The Bertz CT molecular complexity index is 3230. The third kappa shape index (κ3) is 4.94.